The number of H-pyrrole nitrogens is 1. The number of hydrogen-bond acceptors (Lipinski definition) is 4. The molecule has 1 aromatic heterocycles. The van der Waals surface area contributed by atoms with Gasteiger partial charge in [-0.05, 0) is 18.2 Å². The van der Waals surface area contributed by atoms with Crippen molar-refractivity contribution in [3.05, 3.63) is 47.8 Å². The van der Waals surface area contributed by atoms with Gasteiger partial charge in [0.2, 0.25) is 5.91 Å². The van der Waals surface area contributed by atoms with Crippen LogP contribution in [-0.4, -0.2) is 67.0 Å². The molecule has 2 amide bonds. The normalized spacial score (nSPS) is 14.2. The lowest BCUT2D eigenvalue weighted by atomic mass is 10.1. The highest BCUT2D eigenvalue weighted by atomic mass is 16.5. The largest absolute Gasteiger partial charge is 0.497 e. The molecule has 0 atom stereocenters. The molecule has 0 spiro atoms. The Balaban J connectivity index is 1.58. The molecule has 2 aromatic rings. The number of nitrogens with one attached hydrogen (secondary N) is 1. The van der Waals surface area contributed by atoms with Gasteiger partial charge in [0.15, 0.2) is 0 Å². The van der Waals surface area contributed by atoms with E-state index in [0.717, 1.165) is 5.56 Å². The topological polar surface area (TPSA) is 74.9 Å². The Morgan fingerprint density at radius 1 is 1.04 bits per heavy atom. The number of carbonyl (C=O) groups is 2. The number of piperazine rings is 1. The highest BCUT2D eigenvalue weighted by Crippen LogP contribution is 2.25. The van der Waals surface area contributed by atoms with E-state index in [1.54, 1.807) is 48.4 Å². The SMILES string of the molecule is COc1ccc(CC(=O)N2CCN(C(=O)c3ccc[nH]3)CC2)c(OC)c1. The fourth-order valence-electron chi connectivity index (χ4n) is 3.07. The first-order valence-electron chi connectivity index (χ1n) is 8.53. The summed E-state index contributed by atoms with van der Waals surface area (Å²) in [5.41, 5.74) is 1.40. The van der Waals surface area contributed by atoms with Gasteiger partial charge in [-0.1, -0.05) is 6.07 Å². The van der Waals surface area contributed by atoms with E-state index in [-0.39, 0.29) is 18.2 Å². The summed E-state index contributed by atoms with van der Waals surface area (Å²) in [6.45, 7) is 2.13. The van der Waals surface area contributed by atoms with Gasteiger partial charge in [-0.15, -0.1) is 0 Å². The molecular weight excluding hydrogens is 334 g/mol. The molecule has 1 aromatic carbocycles. The first-order chi connectivity index (χ1) is 12.6. The molecule has 0 radical (unpaired) electrons. The summed E-state index contributed by atoms with van der Waals surface area (Å²) in [4.78, 5) is 31.4. The Labute approximate surface area is 152 Å². The summed E-state index contributed by atoms with van der Waals surface area (Å²) >= 11 is 0. The Hall–Kier alpha value is -2.96. The molecule has 1 aliphatic rings. The van der Waals surface area contributed by atoms with Crippen LogP contribution in [-0.2, 0) is 11.2 Å². The minimum absolute atomic E-state index is 0.0282. The predicted molar refractivity (Wildman–Crippen MR) is 96.5 cm³/mol. The van der Waals surface area contributed by atoms with Crippen LogP contribution in [0.4, 0.5) is 0 Å². The number of hydrogen-bond donors (Lipinski definition) is 1. The van der Waals surface area contributed by atoms with Crippen molar-refractivity contribution < 1.29 is 19.1 Å². The van der Waals surface area contributed by atoms with Crippen molar-refractivity contribution in [1.82, 2.24) is 14.8 Å². The van der Waals surface area contributed by atoms with E-state index in [1.807, 2.05) is 12.1 Å². The molecule has 7 nitrogen and oxygen atoms in total. The van der Waals surface area contributed by atoms with Gasteiger partial charge in [0.25, 0.3) is 5.91 Å². The van der Waals surface area contributed by atoms with E-state index in [4.69, 9.17) is 9.47 Å². The zero-order valence-corrected chi connectivity index (χ0v) is 15.0. The van der Waals surface area contributed by atoms with Crippen LogP contribution >= 0.6 is 0 Å². The highest BCUT2D eigenvalue weighted by molar-refractivity contribution is 5.92. The number of ether oxygens (including phenoxy) is 2. The minimum Gasteiger partial charge on any atom is -0.497 e. The van der Waals surface area contributed by atoms with Crippen molar-refractivity contribution in [2.24, 2.45) is 0 Å². The van der Waals surface area contributed by atoms with Crippen molar-refractivity contribution >= 4 is 11.8 Å². The second-order valence-corrected chi connectivity index (χ2v) is 6.11. The smallest absolute Gasteiger partial charge is 0.270 e. The van der Waals surface area contributed by atoms with Gasteiger partial charge in [-0.25, -0.2) is 0 Å². The number of aromatic nitrogens is 1. The number of benzene rings is 1. The maximum atomic E-state index is 12.6. The molecule has 0 unspecified atom stereocenters. The van der Waals surface area contributed by atoms with Crippen molar-refractivity contribution in [2.75, 3.05) is 40.4 Å². The third-order valence-corrected chi connectivity index (χ3v) is 4.58. The molecule has 0 aliphatic carbocycles. The summed E-state index contributed by atoms with van der Waals surface area (Å²) in [7, 11) is 3.17. The van der Waals surface area contributed by atoms with Crippen molar-refractivity contribution in [2.45, 2.75) is 6.42 Å². The monoisotopic (exact) mass is 357 g/mol. The van der Waals surface area contributed by atoms with E-state index in [0.29, 0.717) is 43.4 Å². The predicted octanol–water partition coefficient (Wildman–Crippen LogP) is 1.56. The van der Waals surface area contributed by atoms with Gasteiger partial charge in [-0.3, -0.25) is 9.59 Å². The fraction of sp³-hybridized carbons (Fsp3) is 0.368. The van der Waals surface area contributed by atoms with Gasteiger partial charge in [0.05, 0.1) is 20.6 Å². The van der Waals surface area contributed by atoms with Crippen LogP contribution < -0.4 is 9.47 Å². The molecule has 1 saturated heterocycles. The molecule has 0 bridgehead atoms. The van der Waals surface area contributed by atoms with Crippen molar-refractivity contribution in [3.8, 4) is 11.5 Å². The summed E-state index contributed by atoms with van der Waals surface area (Å²) in [5, 5.41) is 0. The molecular formula is C19H23N3O4. The molecule has 138 valence electrons. The van der Waals surface area contributed by atoms with Crippen LogP contribution in [0.2, 0.25) is 0 Å². The lowest BCUT2D eigenvalue weighted by Crippen LogP contribution is -2.51. The third-order valence-electron chi connectivity index (χ3n) is 4.58. The summed E-state index contributed by atoms with van der Waals surface area (Å²) in [6.07, 6.45) is 1.99. The molecule has 0 saturated carbocycles. The molecule has 1 N–H and O–H groups in total. The van der Waals surface area contributed by atoms with E-state index >= 15 is 0 Å². The van der Waals surface area contributed by atoms with Crippen LogP contribution in [0.5, 0.6) is 11.5 Å². The van der Waals surface area contributed by atoms with Gasteiger partial charge < -0.3 is 24.3 Å². The number of aromatic amines is 1. The zero-order valence-electron chi connectivity index (χ0n) is 15.0. The number of amides is 2. The van der Waals surface area contributed by atoms with E-state index in [9.17, 15) is 9.59 Å². The van der Waals surface area contributed by atoms with E-state index < -0.39 is 0 Å². The molecule has 2 heterocycles. The maximum absolute atomic E-state index is 12.6. The molecule has 3 rings (SSSR count). The zero-order chi connectivity index (χ0) is 18.5. The Bertz CT molecular complexity index is 765. The quantitative estimate of drug-likeness (QED) is 0.881. The first-order valence-corrected chi connectivity index (χ1v) is 8.53. The third kappa shape index (κ3) is 3.82. The average Bonchev–Trinajstić information content (AvgIpc) is 3.22. The second kappa shape index (κ2) is 7.95. The number of nitrogens with zero attached hydrogens (tertiary/aromatic N) is 2. The second-order valence-electron chi connectivity index (χ2n) is 6.11. The molecule has 1 fully saturated rings. The standard InChI is InChI=1S/C19H23N3O4/c1-25-15-6-5-14(17(13-15)26-2)12-18(23)21-8-10-22(11-9-21)19(24)16-4-3-7-20-16/h3-7,13,20H,8-12H2,1-2H3. The van der Waals surface area contributed by atoms with Crippen LogP contribution in [0.15, 0.2) is 36.5 Å². The fourth-order valence-corrected chi connectivity index (χ4v) is 3.07. The van der Waals surface area contributed by atoms with Gasteiger partial charge >= 0.3 is 0 Å². The maximum Gasteiger partial charge on any atom is 0.270 e. The number of methoxy groups -OCH3 is 2. The lowest BCUT2D eigenvalue weighted by Gasteiger charge is -2.34. The summed E-state index contributed by atoms with van der Waals surface area (Å²) < 4.78 is 10.5. The lowest BCUT2D eigenvalue weighted by molar-refractivity contribution is -0.131. The van der Waals surface area contributed by atoms with Crippen LogP contribution in [0.1, 0.15) is 16.1 Å². The summed E-state index contributed by atoms with van der Waals surface area (Å²) in [5.74, 6) is 1.33. The van der Waals surface area contributed by atoms with E-state index in [1.165, 1.54) is 0 Å². The number of rotatable bonds is 5. The Morgan fingerprint density at radius 2 is 1.77 bits per heavy atom. The van der Waals surface area contributed by atoms with Gasteiger partial charge in [-0.2, -0.15) is 0 Å². The van der Waals surface area contributed by atoms with Crippen molar-refractivity contribution in [3.63, 3.8) is 0 Å². The average molecular weight is 357 g/mol. The summed E-state index contributed by atoms with van der Waals surface area (Å²) in [6, 6.07) is 9.00. The first kappa shape index (κ1) is 17.8. The Morgan fingerprint density at radius 3 is 2.38 bits per heavy atom. The van der Waals surface area contributed by atoms with Gasteiger partial charge in [0.1, 0.15) is 17.2 Å². The molecule has 26 heavy (non-hydrogen) atoms. The minimum atomic E-state index is -0.0288. The van der Waals surface area contributed by atoms with E-state index in [2.05, 4.69) is 4.98 Å². The van der Waals surface area contributed by atoms with Crippen LogP contribution in [0.25, 0.3) is 0 Å². The Kier molecular flexibility index (Phi) is 5.46. The van der Waals surface area contributed by atoms with Crippen LogP contribution in [0.3, 0.4) is 0 Å². The van der Waals surface area contributed by atoms with Crippen molar-refractivity contribution in [1.29, 1.82) is 0 Å². The highest BCUT2D eigenvalue weighted by Gasteiger charge is 2.25. The van der Waals surface area contributed by atoms with Gasteiger partial charge in [0, 0.05) is 44.0 Å². The molecule has 7 heteroatoms. The molecule has 1 aliphatic heterocycles. The number of carbonyl (C=O) groups excluding carboxylic acids is 2. The van der Waals surface area contributed by atoms with Crippen LogP contribution in [0, 0.1) is 0 Å².